The maximum Gasteiger partial charge on any atom is 0.323 e. The van der Waals surface area contributed by atoms with Crippen molar-refractivity contribution in [2.75, 3.05) is 24.2 Å². The van der Waals surface area contributed by atoms with E-state index in [0.29, 0.717) is 24.3 Å². The number of carbonyl (C=O) groups is 2. The van der Waals surface area contributed by atoms with Gasteiger partial charge in [-0.2, -0.15) is 0 Å². The summed E-state index contributed by atoms with van der Waals surface area (Å²) in [5.41, 5.74) is 7.47. The molecule has 0 aliphatic heterocycles. The Morgan fingerprint density at radius 2 is 1.91 bits per heavy atom. The summed E-state index contributed by atoms with van der Waals surface area (Å²) in [7, 11) is 1.64. The molecule has 0 atom stereocenters. The highest BCUT2D eigenvalue weighted by atomic mass is 16.2. The Hall–Kier alpha value is -3.09. The van der Waals surface area contributed by atoms with E-state index in [1.54, 1.807) is 37.6 Å². The van der Waals surface area contributed by atoms with Crippen LogP contribution in [0.2, 0.25) is 0 Å². The molecule has 23 heavy (non-hydrogen) atoms. The molecule has 0 aliphatic carbocycles. The number of anilines is 2. The van der Waals surface area contributed by atoms with Gasteiger partial charge in [0.15, 0.2) is 0 Å². The Labute approximate surface area is 134 Å². The van der Waals surface area contributed by atoms with Gasteiger partial charge in [-0.25, -0.2) is 9.59 Å². The van der Waals surface area contributed by atoms with Crippen molar-refractivity contribution < 1.29 is 9.59 Å². The Bertz CT molecular complexity index is 675. The van der Waals surface area contributed by atoms with Gasteiger partial charge in [-0.3, -0.25) is 4.98 Å². The lowest BCUT2D eigenvalue weighted by Gasteiger charge is -2.14. The average molecular weight is 313 g/mol. The number of hydrogen-bond donors (Lipinski definition) is 3. The van der Waals surface area contributed by atoms with Crippen LogP contribution in [-0.4, -0.2) is 35.5 Å². The van der Waals surface area contributed by atoms with Crippen LogP contribution < -0.4 is 16.4 Å². The number of amides is 4. The number of urea groups is 2. The van der Waals surface area contributed by atoms with E-state index in [1.165, 1.54) is 4.90 Å². The normalized spacial score (nSPS) is 9.96. The third kappa shape index (κ3) is 5.31. The van der Waals surface area contributed by atoms with Gasteiger partial charge in [0.1, 0.15) is 0 Å². The summed E-state index contributed by atoms with van der Waals surface area (Å²) < 4.78 is 0. The third-order valence-corrected chi connectivity index (χ3v) is 3.22. The minimum atomic E-state index is -0.463. The molecule has 0 aliphatic rings. The monoisotopic (exact) mass is 313 g/mol. The first-order valence-electron chi connectivity index (χ1n) is 7.12. The summed E-state index contributed by atoms with van der Waals surface area (Å²) in [6.07, 6.45) is 3.85. The van der Waals surface area contributed by atoms with Gasteiger partial charge in [0.25, 0.3) is 0 Å². The summed E-state index contributed by atoms with van der Waals surface area (Å²) in [6, 6.07) is 10.1. The standard InChI is InChI=1S/C16H19N5O2/c1-21(15(17)22)9-7-12-4-2-5-13(10-12)19-16(23)20-14-6-3-8-18-11-14/h2-6,8,10-11H,7,9H2,1H3,(H2,17,22)(H2,19,20,23). The van der Waals surface area contributed by atoms with Crippen molar-refractivity contribution in [1.29, 1.82) is 0 Å². The molecule has 0 unspecified atom stereocenters. The fourth-order valence-electron chi connectivity index (χ4n) is 1.94. The number of rotatable bonds is 5. The molecule has 0 saturated heterocycles. The summed E-state index contributed by atoms with van der Waals surface area (Å²) in [5, 5.41) is 5.45. The minimum absolute atomic E-state index is 0.343. The second-order valence-electron chi connectivity index (χ2n) is 5.03. The van der Waals surface area contributed by atoms with Crippen molar-refractivity contribution in [3.8, 4) is 0 Å². The molecular weight excluding hydrogens is 294 g/mol. The number of nitrogens with one attached hydrogen (secondary N) is 2. The number of carbonyl (C=O) groups excluding carboxylic acids is 2. The largest absolute Gasteiger partial charge is 0.351 e. The molecule has 4 N–H and O–H groups in total. The molecule has 2 rings (SSSR count). The summed E-state index contributed by atoms with van der Waals surface area (Å²) in [5.74, 6) is 0. The van der Waals surface area contributed by atoms with E-state index in [0.717, 1.165) is 5.56 Å². The molecule has 0 fully saturated rings. The predicted molar refractivity (Wildman–Crippen MR) is 89.2 cm³/mol. The zero-order chi connectivity index (χ0) is 16.7. The molecule has 0 saturated carbocycles. The van der Waals surface area contributed by atoms with Crippen molar-refractivity contribution in [2.24, 2.45) is 5.73 Å². The van der Waals surface area contributed by atoms with Crippen molar-refractivity contribution in [2.45, 2.75) is 6.42 Å². The average Bonchev–Trinajstić information content (AvgIpc) is 2.53. The molecule has 120 valence electrons. The SMILES string of the molecule is CN(CCc1cccc(NC(=O)Nc2cccnc2)c1)C(N)=O. The first-order chi connectivity index (χ1) is 11.0. The Morgan fingerprint density at radius 3 is 2.61 bits per heavy atom. The topological polar surface area (TPSA) is 100 Å². The van der Waals surface area contributed by atoms with E-state index in [4.69, 9.17) is 5.73 Å². The highest BCUT2D eigenvalue weighted by Crippen LogP contribution is 2.12. The lowest BCUT2D eigenvalue weighted by atomic mass is 10.1. The van der Waals surface area contributed by atoms with Crippen LogP contribution in [0.4, 0.5) is 21.0 Å². The quantitative estimate of drug-likeness (QED) is 0.789. The number of primary amides is 1. The molecule has 7 nitrogen and oxygen atoms in total. The molecular formula is C16H19N5O2. The Kier molecular flexibility index (Phi) is 5.51. The molecule has 0 bridgehead atoms. The van der Waals surface area contributed by atoms with Gasteiger partial charge in [0, 0.05) is 25.5 Å². The van der Waals surface area contributed by atoms with E-state index < -0.39 is 6.03 Å². The lowest BCUT2D eigenvalue weighted by molar-refractivity contribution is 0.219. The van der Waals surface area contributed by atoms with Gasteiger partial charge in [-0.1, -0.05) is 12.1 Å². The Balaban J connectivity index is 1.91. The number of nitrogens with two attached hydrogens (primary N) is 1. The van der Waals surface area contributed by atoms with Crippen LogP contribution >= 0.6 is 0 Å². The van der Waals surface area contributed by atoms with E-state index >= 15 is 0 Å². The van der Waals surface area contributed by atoms with Crippen molar-refractivity contribution in [3.05, 3.63) is 54.4 Å². The number of benzene rings is 1. The van der Waals surface area contributed by atoms with Crippen LogP contribution in [0.3, 0.4) is 0 Å². The van der Waals surface area contributed by atoms with E-state index in [9.17, 15) is 9.59 Å². The molecule has 2 aromatic rings. The van der Waals surface area contributed by atoms with Crippen LogP contribution in [0, 0.1) is 0 Å². The maximum absolute atomic E-state index is 11.9. The second kappa shape index (κ2) is 7.79. The first-order valence-corrected chi connectivity index (χ1v) is 7.12. The molecule has 1 aromatic carbocycles. The van der Waals surface area contributed by atoms with Gasteiger partial charge >= 0.3 is 12.1 Å². The molecule has 4 amide bonds. The zero-order valence-electron chi connectivity index (χ0n) is 12.8. The lowest BCUT2D eigenvalue weighted by Crippen LogP contribution is -2.33. The smallest absolute Gasteiger partial charge is 0.323 e. The van der Waals surface area contributed by atoms with Gasteiger partial charge in [-0.15, -0.1) is 0 Å². The summed E-state index contributed by atoms with van der Waals surface area (Å²) in [6.45, 7) is 0.515. The van der Waals surface area contributed by atoms with Gasteiger partial charge in [0.05, 0.1) is 11.9 Å². The second-order valence-corrected chi connectivity index (χ2v) is 5.03. The number of hydrogen-bond acceptors (Lipinski definition) is 3. The number of nitrogens with zero attached hydrogens (tertiary/aromatic N) is 2. The summed E-state index contributed by atoms with van der Waals surface area (Å²) >= 11 is 0. The number of aromatic nitrogens is 1. The molecule has 0 radical (unpaired) electrons. The molecule has 1 aromatic heterocycles. The van der Waals surface area contributed by atoms with E-state index in [1.807, 2.05) is 18.2 Å². The predicted octanol–water partition coefficient (Wildman–Crippen LogP) is 2.28. The summed E-state index contributed by atoms with van der Waals surface area (Å²) in [4.78, 5) is 28.3. The van der Waals surface area contributed by atoms with Crippen LogP contribution in [0.15, 0.2) is 48.8 Å². The highest BCUT2D eigenvalue weighted by molar-refractivity contribution is 5.99. The van der Waals surface area contributed by atoms with Crippen LogP contribution in [0.5, 0.6) is 0 Å². The molecule has 1 heterocycles. The van der Waals surface area contributed by atoms with Crippen molar-refractivity contribution >= 4 is 23.4 Å². The maximum atomic E-state index is 11.9. The van der Waals surface area contributed by atoms with Crippen molar-refractivity contribution in [1.82, 2.24) is 9.88 Å². The van der Waals surface area contributed by atoms with Crippen LogP contribution in [0.1, 0.15) is 5.56 Å². The van der Waals surface area contributed by atoms with Gasteiger partial charge in [-0.05, 0) is 36.2 Å². The van der Waals surface area contributed by atoms with E-state index in [2.05, 4.69) is 15.6 Å². The van der Waals surface area contributed by atoms with E-state index in [-0.39, 0.29) is 6.03 Å². The molecule has 7 heteroatoms. The zero-order valence-corrected chi connectivity index (χ0v) is 12.8. The molecule has 0 spiro atoms. The fourth-order valence-corrected chi connectivity index (χ4v) is 1.94. The van der Waals surface area contributed by atoms with Gasteiger partial charge in [0.2, 0.25) is 0 Å². The van der Waals surface area contributed by atoms with Crippen LogP contribution in [0.25, 0.3) is 0 Å². The number of pyridine rings is 1. The minimum Gasteiger partial charge on any atom is -0.351 e. The van der Waals surface area contributed by atoms with Gasteiger partial charge < -0.3 is 21.3 Å². The van der Waals surface area contributed by atoms with Crippen molar-refractivity contribution in [3.63, 3.8) is 0 Å². The van der Waals surface area contributed by atoms with Crippen LogP contribution in [-0.2, 0) is 6.42 Å². The number of likely N-dealkylation sites (N-methyl/N-ethyl adjacent to an activating group) is 1. The Morgan fingerprint density at radius 1 is 1.17 bits per heavy atom. The first kappa shape index (κ1) is 16.3. The highest BCUT2D eigenvalue weighted by Gasteiger charge is 2.05. The third-order valence-electron chi connectivity index (χ3n) is 3.22. The fraction of sp³-hybridized carbons (Fsp3) is 0.188.